The molecule has 2 amide bonds. The number of hydrogen-bond acceptors (Lipinski definition) is 4. The fraction of sp³-hybridized carbons (Fsp3) is 0.625. The Hall–Kier alpha value is -2.38. The molecule has 0 bridgehead atoms. The van der Waals surface area contributed by atoms with Gasteiger partial charge in [0.15, 0.2) is 0 Å². The van der Waals surface area contributed by atoms with E-state index in [-0.39, 0.29) is 11.6 Å². The lowest BCUT2D eigenvalue weighted by Crippen LogP contribution is -2.33. The molecular formula is C16H25N7O. The highest BCUT2D eigenvalue weighted by molar-refractivity contribution is 5.88. The fourth-order valence-corrected chi connectivity index (χ4v) is 2.94. The Morgan fingerprint density at radius 2 is 2.12 bits per heavy atom. The molecule has 0 aromatic carbocycles. The van der Waals surface area contributed by atoms with Gasteiger partial charge in [0.05, 0.1) is 11.2 Å². The van der Waals surface area contributed by atoms with Crippen LogP contribution in [0.15, 0.2) is 6.07 Å². The van der Waals surface area contributed by atoms with Gasteiger partial charge < -0.3 is 9.88 Å². The zero-order valence-electron chi connectivity index (χ0n) is 14.8. The normalized spacial score (nSPS) is 13.8. The van der Waals surface area contributed by atoms with Crippen LogP contribution in [0.25, 0.3) is 0 Å². The van der Waals surface area contributed by atoms with E-state index in [1.54, 1.807) is 0 Å². The number of nitrogens with zero attached hydrogens (tertiary/aromatic N) is 5. The van der Waals surface area contributed by atoms with Crippen LogP contribution < -0.4 is 10.6 Å². The number of aromatic nitrogens is 5. The zero-order valence-corrected chi connectivity index (χ0v) is 14.8. The molecule has 130 valence electrons. The van der Waals surface area contributed by atoms with E-state index in [2.05, 4.69) is 30.5 Å². The average molecular weight is 331 g/mol. The van der Waals surface area contributed by atoms with Gasteiger partial charge in [-0.15, -0.1) is 10.2 Å². The van der Waals surface area contributed by atoms with Gasteiger partial charge in [0.1, 0.15) is 17.5 Å². The van der Waals surface area contributed by atoms with E-state index in [0.717, 1.165) is 36.7 Å². The summed E-state index contributed by atoms with van der Waals surface area (Å²) in [6.07, 6.45) is 2.80. The van der Waals surface area contributed by atoms with Gasteiger partial charge in [-0.3, -0.25) is 5.32 Å². The molecule has 3 rings (SSSR count). The summed E-state index contributed by atoms with van der Waals surface area (Å²) in [4.78, 5) is 12.2. The molecule has 0 radical (unpaired) electrons. The Labute approximate surface area is 141 Å². The molecule has 3 heterocycles. The third-order valence-electron chi connectivity index (χ3n) is 4.03. The van der Waals surface area contributed by atoms with Crippen LogP contribution in [0.5, 0.6) is 0 Å². The first-order valence-corrected chi connectivity index (χ1v) is 8.37. The van der Waals surface area contributed by atoms with Gasteiger partial charge >= 0.3 is 6.03 Å². The Balaban J connectivity index is 1.55. The summed E-state index contributed by atoms with van der Waals surface area (Å²) in [7, 11) is 0. The molecule has 1 aliphatic rings. The smallest absolute Gasteiger partial charge is 0.320 e. The highest BCUT2D eigenvalue weighted by Crippen LogP contribution is 2.21. The molecule has 8 heteroatoms. The van der Waals surface area contributed by atoms with Crippen molar-refractivity contribution >= 4 is 11.8 Å². The number of anilines is 1. The molecule has 1 aliphatic heterocycles. The Morgan fingerprint density at radius 3 is 2.88 bits per heavy atom. The zero-order chi connectivity index (χ0) is 17.3. The molecule has 24 heavy (non-hydrogen) atoms. The van der Waals surface area contributed by atoms with Crippen LogP contribution in [0.1, 0.15) is 44.5 Å². The van der Waals surface area contributed by atoms with Crippen LogP contribution in [0.3, 0.4) is 0 Å². The van der Waals surface area contributed by atoms with Crippen molar-refractivity contribution < 1.29 is 4.79 Å². The lowest BCUT2D eigenvalue weighted by Gasteiger charge is -2.22. The first-order chi connectivity index (χ1) is 11.3. The summed E-state index contributed by atoms with van der Waals surface area (Å²) >= 11 is 0. The molecule has 0 fully saturated rings. The second-order valence-corrected chi connectivity index (χ2v) is 7.17. The molecule has 8 nitrogen and oxygen atoms in total. The van der Waals surface area contributed by atoms with Crippen molar-refractivity contribution in [3.05, 3.63) is 23.4 Å². The van der Waals surface area contributed by atoms with Crippen molar-refractivity contribution in [2.45, 2.75) is 59.0 Å². The number of nitrogens with one attached hydrogen (secondary N) is 2. The summed E-state index contributed by atoms with van der Waals surface area (Å²) in [5.41, 5.74) is 0.679. The lowest BCUT2D eigenvalue weighted by atomic mass is 10.1. The number of fused-ring (bicyclic) bond motifs is 1. The molecule has 0 aliphatic carbocycles. The molecule has 0 atom stereocenters. The number of urea groups is 1. The Kier molecular flexibility index (Phi) is 4.29. The third kappa shape index (κ3) is 3.42. The quantitative estimate of drug-likeness (QED) is 0.894. The predicted molar refractivity (Wildman–Crippen MR) is 91.0 cm³/mol. The molecule has 0 saturated heterocycles. The van der Waals surface area contributed by atoms with Gasteiger partial charge in [0, 0.05) is 32.0 Å². The number of carbonyl (C=O) groups excluding carboxylic acids is 1. The molecule has 0 saturated carbocycles. The predicted octanol–water partition coefficient (Wildman–Crippen LogP) is 1.85. The van der Waals surface area contributed by atoms with Gasteiger partial charge in [0.2, 0.25) is 0 Å². The minimum Gasteiger partial charge on any atom is -0.337 e. The van der Waals surface area contributed by atoms with Crippen LogP contribution in [-0.4, -0.2) is 37.1 Å². The third-order valence-corrected chi connectivity index (χ3v) is 4.03. The Bertz CT molecular complexity index is 738. The SMILES string of the molecule is Cc1cc(NC(=O)NCCc2nnc3n2CCC3)n(C(C)(C)C)n1. The topological polar surface area (TPSA) is 89.7 Å². The van der Waals surface area contributed by atoms with Crippen LogP contribution in [0, 0.1) is 6.92 Å². The maximum absolute atomic E-state index is 12.2. The van der Waals surface area contributed by atoms with Crippen molar-refractivity contribution in [3.63, 3.8) is 0 Å². The van der Waals surface area contributed by atoms with Gasteiger partial charge in [0.25, 0.3) is 0 Å². The van der Waals surface area contributed by atoms with Gasteiger partial charge in [-0.25, -0.2) is 9.48 Å². The van der Waals surface area contributed by atoms with Crippen LogP contribution in [-0.2, 0) is 24.9 Å². The van der Waals surface area contributed by atoms with E-state index in [4.69, 9.17) is 0 Å². The van der Waals surface area contributed by atoms with Crippen molar-refractivity contribution in [2.24, 2.45) is 0 Å². The van der Waals surface area contributed by atoms with Crippen molar-refractivity contribution in [1.29, 1.82) is 0 Å². The number of amides is 2. The van der Waals surface area contributed by atoms with E-state index in [0.29, 0.717) is 18.8 Å². The number of hydrogen-bond donors (Lipinski definition) is 2. The lowest BCUT2D eigenvalue weighted by molar-refractivity contribution is 0.251. The monoisotopic (exact) mass is 331 g/mol. The maximum atomic E-state index is 12.2. The number of rotatable bonds is 4. The van der Waals surface area contributed by atoms with E-state index in [9.17, 15) is 4.79 Å². The first-order valence-electron chi connectivity index (χ1n) is 8.37. The molecular weight excluding hydrogens is 306 g/mol. The summed E-state index contributed by atoms with van der Waals surface area (Å²) in [6.45, 7) is 9.56. The number of carbonyl (C=O) groups is 1. The second kappa shape index (κ2) is 6.26. The largest absolute Gasteiger partial charge is 0.337 e. The fourth-order valence-electron chi connectivity index (χ4n) is 2.94. The standard InChI is InChI=1S/C16H25N7O/c1-11-10-14(23(21-11)16(2,3)4)18-15(24)17-8-7-13-20-19-12-6-5-9-22(12)13/h10H,5-9H2,1-4H3,(H2,17,18,24). The van der Waals surface area contributed by atoms with E-state index in [1.165, 1.54) is 0 Å². The van der Waals surface area contributed by atoms with Crippen molar-refractivity contribution in [1.82, 2.24) is 29.9 Å². The van der Waals surface area contributed by atoms with Gasteiger partial charge in [-0.1, -0.05) is 0 Å². The Morgan fingerprint density at radius 1 is 1.33 bits per heavy atom. The summed E-state index contributed by atoms with van der Waals surface area (Å²) < 4.78 is 3.98. The van der Waals surface area contributed by atoms with Crippen LogP contribution >= 0.6 is 0 Å². The molecule has 2 aromatic rings. The summed E-state index contributed by atoms with van der Waals surface area (Å²) in [6, 6.07) is 1.64. The van der Waals surface area contributed by atoms with Gasteiger partial charge in [-0.05, 0) is 34.1 Å². The minimum absolute atomic E-state index is 0.195. The molecule has 2 N–H and O–H groups in total. The van der Waals surface area contributed by atoms with Crippen molar-refractivity contribution in [2.75, 3.05) is 11.9 Å². The first kappa shape index (κ1) is 16.5. The maximum Gasteiger partial charge on any atom is 0.320 e. The van der Waals surface area contributed by atoms with E-state index in [1.807, 2.05) is 38.4 Å². The summed E-state index contributed by atoms with van der Waals surface area (Å²) in [5, 5.41) is 18.6. The summed E-state index contributed by atoms with van der Waals surface area (Å²) in [5.74, 6) is 2.69. The van der Waals surface area contributed by atoms with E-state index < -0.39 is 0 Å². The van der Waals surface area contributed by atoms with Crippen LogP contribution in [0.2, 0.25) is 0 Å². The van der Waals surface area contributed by atoms with E-state index >= 15 is 0 Å². The second-order valence-electron chi connectivity index (χ2n) is 7.17. The molecule has 2 aromatic heterocycles. The average Bonchev–Trinajstić information content (AvgIpc) is 3.15. The van der Waals surface area contributed by atoms with Crippen LogP contribution in [0.4, 0.5) is 10.6 Å². The van der Waals surface area contributed by atoms with Gasteiger partial charge in [-0.2, -0.15) is 5.10 Å². The highest BCUT2D eigenvalue weighted by Gasteiger charge is 2.20. The highest BCUT2D eigenvalue weighted by atomic mass is 16.2. The minimum atomic E-state index is -0.235. The van der Waals surface area contributed by atoms with Crippen molar-refractivity contribution in [3.8, 4) is 0 Å². The number of aryl methyl sites for hydroxylation is 2. The molecule has 0 spiro atoms. The molecule has 0 unspecified atom stereocenters.